The van der Waals surface area contributed by atoms with E-state index in [0.717, 1.165) is 47.3 Å². The van der Waals surface area contributed by atoms with E-state index >= 15 is 0 Å². The number of nitrogens with one attached hydrogen (secondary N) is 2. The molecule has 1 aliphatic heterocycles. The van der Waals surface area contributed by atoms with Crippen LogP contribution in [0.2, 0.25) is 0 Å². The number of rotatable bonds is 7. The third-order valence-electron chi connectivity index (χ3n) is 5.45. The van der Waals surface area contributed by atoms with Crippen molar-refractivity contribution in [3.63, 3.8) is 0 Å². The molecule has 4 aromatic rings. The first-order valence-electron chi connectivity index (χ1n) is 11.1. The zero-order valence-electron chi connectivity index (χ0n) is 18.7. The van der Waals surface area contributed by atoms with Crippen molar-refractivity contribution < 1.29 is 4.79 Å². The molecule has 0 spiro atoms. The number of hydrogen-bond donors (Lipinski definition) is 2. The fourth-order valence-electron chi connectivity index (χ4n) is 3.76. The topological polar surface area (TPSA) is 118 Å². The second-order valence-electron chi connectivity index (χ2n) is 8.14. The molecule has 1 amide bonds. The van der Waals surface area contributed by atoms with Gasteiger partial charge in [-0.15, -0.1) is 11.3 Å². The Morgan fingerprint density at radius 2 is 1.91 bits per heavy atom. The molecule has 5 rings (SSSR count). The van der Waals surface area contributed by atoms with E-state index in [-0.39, 0.29) is 11.9 Å². The van der Waals surface area contributed by atoms with Gasteiger partial charge in [-0.1, -0.05) is 6.07 Å². The zero-order valence-corrected chi connectivity index (χ0v) is 19.5. The molecule has 34 heavy (non-hydrogen) atoms. The second-order valence-corrected chi connectivity index (χ2v) is 9.09. The molecule has 10 heteroatoms. The number of pyridine rings is 1. The fraction of sp³-hybridized carbons (Fsp3) is 0.292. The van der Waals surface area contributed by atoms with Gasteiger partial charge < -0.3 is 10.6 Å². The van der Waals surface area contributed by atoms with Gasteiger partial charge in [0.2, 0.25) is 0 Å². The summed E-state index contributed by atoms with van der Waals surface area (Å²) < 4.78 is 0. The van der Waals surface area contributed by atoms with Gasteiger partial charge in [-0.2, -0.15) is 0 Å². The molecule has 0 radical (unpaired) electrons. The van der Waals surface area contributed by atoms with Gasteiger partial charge in [-0.05, 0) is 44.2 Å². The van der Waals surface area contributed by atoms with E-state index in [0.29, 0.717) is 30.2 Å². The molecule has 0 aliphatic carbocycles. The molecule has 2 N–H and O–H groups in total. The summed E-state index contributed by atoms with van der Waals surface area (Å²) in [7, 11) is 0. The van der Waals surface area contributed by atoms with E-state index in [1.807, 2.05) is 37.3 Å². The van der Waals surface area contributed by atoms with Gasteiger partial charge in [0.1, 0.15) is 22.2 Å². The predicted molar refractivity (Wildman–Crippen MR) is 128 cm³/mol. The van der Waals surface area contributed by atoms with E-state index in [9.17, 15) is 4.79 Å². The quantitative estimate of drug-likeness (QED) is 0.421. The van der Waals surface area contributed by atoms with Gasteiger partial charge in [-0.3, -0.25) is 4.79 Å². The minimum absolute atomic E-state index is 0.131. The van der Waals surface area contributed by atoms with Crippen LogP contribution in [0.25, 0.3) is 11.5 Å². The van der Waals surface area contributed by atoms with Crippen LogP contribution in [0.4, 0.5) is 0 Å². The molecule has 172 valence electrons. The van der Waals surface area contributed by atoms with Crippen LogP contribution in [0, 0.1) is 6.92 Å². The lowest BCUT2D eigenvalue weighted by molar-refractivity contribution is 0.0935. The standard InChI is InChI=1S/C24H24N8OS/c1-15-3-2-4-19(28-15)23-27-10-7-17(30-23)11-16-6-9-26-21(29-16)12-22-32-20(14-34-22)24(33)31-18-5-8-25-13-18/h2-4,6-7,9-10,14,18,25H,5,8,11-13H2,1H3,(H,31,33)/t18-/m1/s1. The summed E-state index contributed by atoms with van der Waals surface area (Å²) in [6.45, 7) is 3.68. The van der Waals surface area contributed by atoms with Crippen LogP contribution in [0.15, 0.2) is 48.1 Å². The van der Waals surface area contributed by atoms with Gasteiger partial charge in [0, 0.05) is 42.5 Å². The van der Waals surface area contributed by atoms with Gasteiger partial charge >= 0.3 is 0 Å². The van der Waals surface area contributed by atoms with Crippen LogP contribution in [0.3, 0.4) is 0 Å². The third kappa shape index (κ3) is 5.46. The lowest BCUT2D eigenvalue weighted by Gasteiger charge is -2.09. The predicted octanol–water partition coefficient (Wildman–Crippen LogP) is 2.37. The van der Waals surface area contributed by atoms with Gasteiger partial charge in [0.25, 0.3) is 5.91 Å². The normalized spacial score (nSPS) is 15.4. The van der Waals surface area contributed by atoms with E-state index < -0.39 is 0 Å². The molecule has 1 saturated heterocycles. The Labute approximate surface area is 201 Å². The summed E-state index contributed by atoms with van der Waals surface area (Å²) in [5.41, 5.74) is 3.83. The Morgan fingerprint density at radius 3 is 2.74 bits per heavy atom. The van der Waals surface area contributed by atoms with Crippen molar-refractivity contribution in [3.8, 4) is 11.5 Å². The highest BCUT2D eigenvalue weighted by molar-refractivity contribution is 7.09. The summed E-state index contributed by atoms with van der Waals surface area (Å²) in [6.07, 6.45) is 5.46. The van der Waals surface area contributed by atoms with Crippen molar-refractivity contribution in [3.05, 3.63) is 81.7 Å². The summed E-state index contributed by atoms with van der Waals surface area (Å²) in [6, 6.07) is 9.73. The smallest absolute Gasteiger partial charge is 0.271 e. The maximum absolute atomic E-state index is 12.4. The minimum Gasteiger partial charge on any atom is -0.347 e. The van der Waals surface area contributed by atoms with Crippen molar-refractivity contribution in [1.82, 2.24) is 40.5 Å². The molecular formula is C24H24N8OS. The Morgan fingerprint density at radius 1 is 1.06 bits per heavy atom. The Hall–Kier alpha value is -3.63. The van der Waals surface area contributed by atoms with Crippen molar-refractivity contribution in [2.45, 2.75) is 32.2 Å². The first kappa shape index (κ1) is 22.2. The van der Waals surface area contributed by atoms with E-state index in [2.05, 4.69) is 40.5 Å². The third-order valence-corrected chi connectivity index (χ3v) is 6.29. The first-order chi connectivity index (χ1) is 16.6. The fourth-order valence-corrected chi connectivity index (χ4v) is 4.54. The molecule has 5 heterocycles. The molecule has 4 aromatic heterocycles. The van der Waals surface area contributed by atoms with Crippen LogP contribution in [-0.4, -0.2) is 54.9 Å². The average molecular weight is 473 g/mol. The number of aryl methyl sites for hydroxylation is 1. The lowest BCUT2D eigenvalue weighted by atomic mass is 10.2. The van der Waals surface area contributed by atoms with Crippen molar-refractivity contribution in [2.24, 2.45) is 0 Å². The molecule has 9 nitrogen and oxygen atoms in total. The highest BCUT2D eigenvalue weighted by atomic mass is 32.1. The highest BCUT2D eigenvalue weighted by Crippen LogP contribution is 2.16. The highest BCUT2D eigenvalue weighted by Gasteiger charge is 2.19. The molecule has 0 aromatic carbocycles. The number of nitrogens with zero attached hydrogens (tertiary/aromatic N) is 6. The second kappa shape index (κ2) is 10.1. The number of carbonyl (C=O) groups is 1. The van der Waals surface area contributed by atoms with Gasteiger partial charge in [0.15, 0.2) is 5.82 Å². The van der Waals surface area contributed by atoms with Crippen LogP contribution < -0.4 is 10.6 Å². The van der Waals surface area contributed by atoms with Crippen LogP contribution in [0.5, 0.6) is 0 Å². The minimum atomic E-state index is -0.131. The summed E-state index contributed by atoms with van der Waals surface area (Å²) in [5, 5.41) is 8.86. The van der Waals surface area contributed by atoms with Crippen molar-refractivity contribution >= 4 is 17.2 Å². The SMILES string of the molecule is Cc1cccc(-c2nccc(Cc3ccnc(Cc4nc(C(=O)N[C@@H]5CCNC5)cs4)n3)n2)n1. The maximum Gasteiger partial charge on any atom is 0.271 e. The van der Waals surface area contributed by atoms with E-state index in [1.54, 1.807) is 17.8 Å². The van der Waals surface area contributed by atoms with E-state index in [1.165, 1.54) is 11.3 Å². The number of hydrogen-bond acceptors (Lipinski definition) is 9. The van der Waals surface area contributed by atoms with Crippen LogP contribution >= 0.6 is 11.3 Å². The molecule has 1 fully saturated rings. The zero-order chi connectivity index (χ0) is 23.3. The molecule has 1 atom stereocenters. The molecule has 0 unspecified atom stereocenters. The number of aromatic nitrogens is 6. The van der Waals surface area contributed by atoms with Crippen LogP contribution in [-0.2, 0) is 12.8 Å². The van der Waals surface area contributed by atoms with Crippen LogP contribution in [0.1, 0.15) is 44.8 Å². The summed E-state index contributed by atoms with van der Waals surface area (Å²) >= 11 is 1.45. The number of thiazole rings is 1. The van der Waals surface area contributed by atoms with Crippen molar-refractivity contribution in [1.29, 1.82) is 0 Å². The summed E-state index contributed by atoms with van der Waals surface area (Å²) in [5.74, 6) is 1.12. The molecule has 0 bridgehead atoms. The lowest BCUT2D eigenvalue weighted by Crippen LogP contribution is -2.36. The summed E-state index contributed by atoms with van der Waals surface area (Å²) in [4.78, 5) is 39.5. The molecule has 0 saturated carbocycles. The van der Waals surface area contributed by atoms with Gasteiger partial charge in [0.05, 0.1) is 17.8 Å². The Kier molecular flexibility index (Phi) is 6.59. The number of carbonyl (C=O) groups excluding carboxylic acids is 1. The first-order valence-corrected chi connectivity index (χ1v) is 12.0. The Bertz CT molecular complexity index is 1300. The maximum atomic E-state index is 12.4. The largest absolute Gasteiger partial charge is 0.347 e. The van der Waals surface area contributed by atoms with E-state index in [4.69, 9.17) is 0 Å². The monoisotopic (exact) mass is 472 g/mol. The number of amides is 1. The molecule has 1 aliphatic rings. The molecular weight excluding hydrogens is 448 g/mol. The average Bonchev–Trinajstić information content (AvgIpc) is 3.52. The van der Waals surface area contributed by atoms with Crippen molar-refractivity contribution in [2.75, 3.05) is 13.1 Å². The van der Waals surface area contributed by atoms with Gasteiger partial charge in [-0.25, -0.2) is 29.9 Å². The Balaban J connectivity index is 1.25.